The summed E-state index contributed by atoms with van der Waals surface area (Å²) in [6.07, 6.45) is 0. The van der Waals surface area contributed by atoms with Crippen molar-refractivity contribution < 1.29 is 8.81 Å². The van der Waals surface area contributed by atoms with Crippen LogP contribution in [0.1, 0.15) is 31.2 Å². The maximum Gasteiger partial charge on any atom is 0.208 e. The van der Waals surface area contributed by atoms with Crippen molar-refractivity contribution >= 4 is 0 Å². The molecule has 0 unspecified atom stereocenters. The Labute approximate surface area is 70.8 Å². The van der Waals surface area contributed by atoms with Gasteiger partial charge in [-0.1, -0.05) is 0 Å². The van der Waals surface area contributed by atoms with Gasteiger partial charge in [0.1, 0.15) is 0 Å². The molecule has 0 fully saturated rings. The van der Waals surface area contributed by atoms with E-state index in [0.29, 0.717) is 11.6 Å². The SMILES string of the molecule is Cc1nc(CN)oc1C(C)(C)F. The van der Waals surface area contributed by atoms with Gasteiger partial charge in [0.15, 0.2) is 11.4 Å². The van der Waals surface area contributed by atoms with Crippen molar-refractivity contribution in [3.05, 3.63) is 17.3 Å². The number of nitrogens with zero attached hydrogens (tertiary/aromatic N) is 1. The van der Waals surface area contributed by atoms with Gasteiger partial charge < -0.3 is 10.2 Å². The maximum absolute atomic E-state index is 13.4. The van der Waals surface area contributed by atoms with Gasteiger partial charge in [-0.05, 0) is 20.8 Å². The molecule has 0 aliphatic heterocycles. The van der Waals surface area contributed by atoms with Gasteiger partial charge in [0.25, 0.3) is 0 Å². The summed E-state index contributed by atoms with van der Waals surface area (Å²) in [4.78, 5) is 3.96. The van der Waals surface area contributed by atoms with Crippen LogP contribution < -0.4 is 5.73 Å². The number of alkyl halides is 1. The van der Waals surface area contributed by atoms with E-state index in [2.05, 4.69) is 4.98 Å². The summed E-state index contributed by atoms with van der Waals surface area (Å²) in [5.74, 6) is 0.649. The minimum absolute atomic E-state index is 0.205. The molecule has 0 saturated heterocycles. The molecular formula is C8H13FN2O. The average Bonchev–Trinajstić information content (AvgIpc) is 2.29. The first kappa shape index (κ1) is 9.19. The minimum atomic E-state index is -1.48. The van der Waals surface area contributed by atoms with E-state index in [1.807, 2.05) is 0 Å². The molecular weight excluding hydrogens is 159 g/mol. The molecule has 0 radical (unpaired) electrons. The molecule has 1 rings (SSSR count). The van der Waals surface area contributed by atoms with Crippen LogP contribution in [0.5, 0.6) is 0 Å². The standard InChI is InChI=1S/C8H13FN2O/c1-5-7(8(2,3)9)12-6(4-10)11-5/h4,10H2,1-3H3. The van der Waals surface area contributed by atoms with Crippen molar-refractivity contribution in [3.63, 3.8) is 0 Å². The van der Waals surface area contributed by atoms with Crippen LogP contribution in [0.4, 0.5) is 4.39 Å². The first-order valence-electron chi connectivity index (χ1n) is 3.81. The largest absolute Gasteiger partial charge is 0.441 e. The second-order valence-electron chi connectivity index (χ2n) is 3.20. The molecule has 0 aliphatic carbocycles. The predicted molar refractivity (Wildman–Crippen MR) is 43.3 cm³/mol. The van der Waals surface area contributed by atoms with Crippen LogP contribution in [-0.4, -0.2) is 4.98 Å². The van der Waals surface area contributed by atoms with Crippen molar-refractivity contribution in [2.45, 2.75) is 33.0 Å². The zero-order chi connectivity index (χ0) is 9.35. The van der Waals surface area contributed by atoms with Gasteiger partial charge in [-0.25, -0.2) is 9.37 Å². The highest BCUT2D eigenvalue weighted by atomic mass is 19.1. The van der Waals surface area contributed by atoms with Gasteiger partial charge in [0.05, 0.1) is 12.2 Å². The Kier molecular flexibility index (Phi) is 2.19. The topological polar surface area (TPSA) is 52.0 Å². The zero-order valence-corrected chi connectivity index (χ0v) is 7.52. The van der Waals surface area contributed by atoms with E-state index in [1.165, 1.54) is 13.8 Å². The average molecular weight is 172 g/mol. The summed E-state index contributed by atoms with van der Waals surface area (Å²) in [6.45, 7) is 4.78. The third kappa shape index (κ3) is 1.64. The molecule has 0 aromatic carbocycles. The fraction of sp³-hybridized carbons (Fsp3) is 0.625. The van der Waals surface area contributed by atoms with Crippen LogP contribution in [0.15, 0.2) is 4.42 Å². The number of hydrogen-bond acceptors (Lipinski definition) is 3. The summed E-state index contributed by atoms with van der Waals surface area (Å²) < 4.78 is 18.5. The second kappa shape index (κ2) is 2.86. The van der Waals surface area contributed by atoms with E-state index in [1.54, 1.807) is 6.92 Å². The van der Waals surface area contributed by atoms with Crippen molar-refractivity contribution in [3.8, 4) is 0 Å². The lowest BCUT2D eigenvalue weighted by molar-refractivity contribution is 0.174. The molecule has 12 heavy (non-hydrogen) atoms. The first-order valence-corrected chi connectivity index (χ1v) is 3.81. The Morgan fingerprint density at radius 1 is 1.58 bits per heavy atom. The van der Waals surface area contributed by atoms with Crippen LogP contribution >= 0.6 is 0 Å². The van der Waals surface area contributed by atoms with Crippen LogP contribution in [0.3, 0.4) is 0 Å². The highest BCUT2D eigenvalue weighted by Gasteiger charge is 2.26. The Hall–Kier alpha value is -0.900. The number of aromatic nitrogens is 1. The van der Waals surface area contributed by atoms with Crippen LogP contribution in [-0.2, 0) is 12.2 Å². The molecule has 3 nitrogen and oxygen atoms in total. The number of halogens is 1. The number of oxazole rings is 1. The Bertz CT molecular complexity index is 275. The summed E-state index contributed by atoms with van der Waals surface area (Å²) in [5, 5.41) is 0. The fourth-order valence-electron chi connectivity index (χ4n) is 1.09. The molecule has 2 N–H and O–H groups in total. The van der Waals surface area contributed by atoms with Gasteiger partial charge in [0, 0.05) is 0 Å². The molecule has 4 heteroatoms. The first-order chi connectivity index (χ1) is 5.45. The summed E-state index contributed by atoms with van der Waals surface area (Å²) in [7, 11) is 0. The second-order valence-corrected chi connectivity index (χ2v) is 3.20. The fourth-order valence-corrected chi connectivity index (χ4v) is 1.09. The van der Waals surface area contributed by atoms with Crippen LogP contribution in [0.25, 0.3) is 0 Å². The van der Waals surface area contributed by atoms with E-state index in [-0.39, 0.29) is 12.3 Å². The van der Waals surface area contributed by atoms with E-state index >= 15 is 0 Å². The zero-order valence-electron chi connectivity index (χ0n) is 7.52. The van der Waals surface area contributed by atoms with Crippen LogP contribution in [0, 0.1) is 6.92 Å². The quantitative estimate of drug-likeness (QED) is 0.737. The number of nitrogens with two attached hydrogens (primary N) is 1. The van der Waals surface area contributed by atoms with Crippen molar-refractivity contribution in [2.75, 3.05) is 0 Å². The molecule has 0 amide bonds. The van der Waals surface area contributed by atoms with Crippen molar-refractivity contribution in [1.82, 2.24) is 4.98 Å². The Morgan fingerprint density at radius 3 is 2.42 bits per heavy atom. The lowest BCUT2D eigenvalue weighted by Gasteiger charge is -2.09. The molecule has 0 saturated carbocycles. The summed E-state index contributed by atoms with van der Waals surface area (Å²) >= 11 is 0. The molecule has 1 aromatic rings. The molecule has 1 aromatic heterocycles. The lowest BCUT2D eigenvalue weighted by atomic mass is 10.1. The highest BCUT2D eigenvalue weighted by molar-refractivity contribution is 5.14. The molecule has 0 bridgehead atoms. The summed E-state index contributed by atoms with van der Waals surface area (Å²) in [5.41, 5.74) is 4.39. The monoisotopic (exact) mass is 172 g/mol. The van der Waals surface area contributed by atoms with Gasteiger partial charge in [0.2, 0.25) is 5.89 Å². The van der Waals surface area contributed by atoms with Crippen molar-refractivity contribution in [2.24, 2.45) is 5.73 Å². The van der Waals surface area contributed by atoms with E-state index in [9.17, 15) is 4.39 Å². The molecule has 0 aliphatic rings. The Morgan fingerprint density at radius 2 is 2.17 bits per heavy atom. The number of aryl methyl sites for hydroxylation is 1. The van der Waals surface area contributed by atoms with Crippen LogP contribution in [0.2, 0.25) is 0 Å². The summed E-state index contributed by atoms with van der Waals surface area (Å²) in [6, 6.07) is 0. The predicted octanol–water partition coefficient (Wildman–Crippen LogP) is 1.65. The maximum atomic E-state index is 13.4. The normalized spacial score (nSPS) is 12.1. The number of rotatable bonds is 2. The third-order valence-electron chi connectivity index (χ3n) is 1.56. The van der Waals surface area contributed by atoms with E-state index < -0.39 is 5.67 Å². The smallest absolute Gasteiger partial charge is 0.208 e. The van der Waals surface area contributed by atoms with Gasteiger partial charge in [-0.15, -0.1) is 0 Å². The molecule has 1 heterocycles. The lowest BCUT2D eigenvalue weighted by Crippen LogP contribution is -2.09. The molecule has 0 spiro atoms. The molecule has 68 valence electrons. The van der Waals surface area contributed by atoms with Gasteiger partial charge in [-0.3, -0.25) is 0 Å². The van der Waals surface area contributed by atoms with Crippen molar-refractivity contribution in [1.29, 1.82) is 0 Å². The minimum Gasteiger partial charge on any atom is -0.441 e. The third-order valence-corrected chi connectivity index (χ3v) is 1.56. The van der Waals surface area contributed by atoms with E-state index in [0.717, 1.165) is 0 Å². The molecule has 0 atom stereocenters. The Balaban J connectivity index is 3.08. The highest BCUT2D eigenvalue weighted by Crippen LogP contribution is 2.27. The number of hydrogen-bond donors (Lipinski definition) is 1. The van der Waals surface area contributed by atoms with E-state index in [4.69, 9.17) is 10.2 Å². The van der Waals surface area contributed by atoms with Gasteiger partial charge >= 0.3 is 0 Å². The van der Waals surface area contributed by atoms with Gasteiger partial charge in [-0.2, -0.15) is 0 Å².